The molecule has 0 spiro atoms. The van der Waals surface area contributed by atoms with Crippen molar-refractivity contribution in [1.82, 2.24) is 10.2 Å². The van der Waals surface area contributed by atoms with E-state index in [4.69, 9.17) is 25.2 Å². The monoisotopic (exact) mass is 416 g/mol. The molecule has 1 N–H and O–H groups in total. The third-order valence-corrected chi connectivity index (χ3v) is 5.16. The van der Waals surface area contributed by atoms with Crippen molar-refractivity contribution in [3.05, 3.63) is 63.5 Å². The lowest BCUT2D eigenvalue weighted by Gasteiger charge is -2.05. The summed E-state index contributed by atoms with van der Waals surface area (Å²) >= 11 is 7.26. The van der Waals surface area contributed by atoms with Crippen molar-refractivity contribution >= 4 is 34.3 Å². The van der Waals surface area contributed by atoms with E-state index < -0.39 is 5.63 Å². The molecule has 0 amide bonds. The van der Waals surface area contributed by atoms with Crippen molar-refractivity contribution in [3.8, 4) is 23.0 Å². The van der Waals surface area contributed by atoms with Crippen molar-refractivity contribution in [3.63, 3.8) is 0 Å². The number of benzene rings is 2. The second-order valence-corrected chi connectivity index (χ2v) is 7.11. The normalized spacial score (nSPS) is 11.1. The van der Waals surface area contributed by atoms with Gasteiger partial charge in [-0.3, -0.25) is 0 Å². The average molecular weight is 417 g/mol. The Bertz CT molecular complexity index is 1200. The van der Waals surface area contributed by atoms with Crippen molar-refractivity contribution in [2.75, 3.05) is 7.11 Å². The van der Waals surface area contributed by atoms with E-state index in [9.17, 15) is 9.90 Å². The molecule has 0 aliphatic heterocycles. The van der Waals surface area contributed by atoms with Gasteiger partial charge in [-0.1, -0.05) is 23.4 Å². The first-order chi connectivity index (χ1) is 13.5. The Morgan fingerprint density at radius 1 is 1.14 bits per heavy atom. The molecule has 0 saturated heterocycles. The smallest absolute Gasteiger partial charge is 0.336 e. The molecule has 0 saturated carbocycles. The Morgan fingerprint density at radius 2 is 1.93 bits per heavy atom. The Hall–Kier alpha value is -2.97. The molecule has 2 aromatic heterocycles. The van der Waals surface area contributed by atoms with E-state index in [1.807, 2.05) is 12.1 Å². The maximum absolute atomic E-state index is 11.8. The molecule has 0 bridgehead atoms. The number of rotatable bonds is 5. The molecule has 2 aromatic carbocycles. The Kier molecular flexibility index (Phi) is 4.97. The molecule has 0 unspecified atom stereocenters. The quantitative estimate of drug-likeness (QED) is 0.375. The molecule has 4 rings (SSSR count). The van der Waals surface area contributed by atoms with Crippen LogP contribution in [0.15, 0.2) is 61.3 Å². The summed E-state index contributed by atoms with van der Waals surface area (Å²) < 4.78 is 15.9. The number of phenolic OH excluding ortho intramolecular Hbond substituents is 1. The maximum Gasteiger partial charge on any atom is 0.336 e. The van der Waals surface area contributed by atoms with Gasteiger partial charge >= 0.3 is 5.63 Å². The first-order valence-electron chi connectivity index (χ1n) is 8.09. The topological polar surface area (TPSA) is 98.6 Å². The number of aromatic hydroxyl groups is 1. The number of methoxy groups -OCH3 is 1. The van der Waals surface area contributed by atoms with Gasteiger partial charge in [0.15, 0.2) is 0 Å². The number of aromatic nitrogens is 2. The van der Waals surface area contributed by atoms with Crippen molar-refractivity contribution < 1.29 is 18.7 Å². The summed E-state index contributed by atoms with van der Waals surface area (Å²) in [6.45, 7) is 0. The van der Waals surface area contributed by atoms with E-state index in [1.165, 1.54) is 23.9 Å². The second kappa shape index (κ2) is 7.57. The maximum atomic E-state index is 11.8. The molecule has 0 aliphatic rings. The van der Waals surface area contributed by atoms with Crippen molar-refractivity contribution in [2.24, 2.45) is 0 Å². The van der Waals surface area contributed by atoms with Crippen LogP contribution in [0.1, 0.15) is 5.56 Å². The Morgan fingerprint density at radius 3 is 2.68 bits per heavy atom. The van der Waals surface area contributed by atoms with Gasteiger partial charge in [0, 0.05) is 28.8 Å². The minimum absolute atomic E-state index is 0.150. The first kappa shape index (κ1) is 18.4. The predicted molar refractivity (Wildman–Crippen MR) is 105 cm³/mol. The van der Waals surface area contributed by atoms with E-state index >= 15 is 0 Å². The number of fused-ring (bicyclic) bond motifs is 1. The van der Waals surface area contributed by atoms with E-state index in [2.05, 4.69) is 10.2 Å². The molecule has 0 atom stereocenters. The fourth-order valence-electron chi connectivity index (χ4n) is 2.61. The molecule has 0 fully saturated rings. The van der Waals surface area contributed by atoms with E-state index in [0.717, 1.165) is 11.3 Å². The van der Waals surface area contributed by atoms with Gasteiger partial charge in [-0.2, -0.15) is 0 Å². The summed E-state index contributed by atoms with van der Waals surface area (Å²) in [6, 6.07) is 11.5. The molecule has 0 radical (unpaired) electrons. The van der Waals surface area contributed by atoms with E-state index in [0.29, 0.717) is 27.8 Å². The van der Waals surface area contributed by atoms with Gasteiger partial charge in [0.2, 0.25) is 5.89 Å². The van der Waals surface area contributed by atoms with Crippen LogP contribution in [0.5, 0.6) is 11.5 Å². The van der Waals surface area contributed by atoms with Gasteiger partial charge in [-0.15, -0.1) is 10.2 Å². The fourth-order valence-corrected chi connectivity index (χ4v) is 3.53. The zero-order valence-electron chi connectivity index (χ0n) is 14.5. The Balaban J connectivity index is 1.57. The number of hydrogen-bond acceptors (Lipinski definition) is 8. The van der Waals surface area contributed by atoms with Crippen molar-refractivity contribution in [1.29, 1.82) is 0 Å². The summed E-state index contributed by atoms with van der Waals surface area (Å²) in [4.78, 5) is 11.8. The number of thioether (sulfide) groups is 1. The second-order valence-electron chi connectivity index (χ2n) is 5.78. The fraction of sp³-hybridized carbons (Fsp3) is 0.105. The van der Waals surface area contributed by atoms with Crippen LogP contribution in [0.3, 0.4) is 0 Å². The minimum Gasteiger partial charge on any atom is -0.506 e. The van der Waals surface area contributed by atoms with Crippen LogP contribution in [0.2, 0.25) is 5.02 Å². The molecular weight excluding hydrogens is 404 g/mol. The van der Waals surface area contributed by atoms with Crippen molar-refractivity contribution in [2.45, 2.75) is 11.0 Å². The summed E-state index contributed by atoms with van der Waals surface area (Å²) in [6.07, 6.45) is 0. The lowest BCUT2D eigenvalue weighted by atomic mass is 10.1. The molecule has 28 heavy (non-hydrogen) atoms. The standard InChI is InChI=1S/C19H13ClN2O5S/c1-25-12-4-2-10(3-5-12)18-21-22-19(27-18)28-9-11-6-17(24)26-16-8-15(23)14(20)7-13(11)16/h2-8,23H,9H2,1H3. The highest BCUT2D eigenvalue weighted by atomic mass is 35.5. The lowest BCUT2D eigenvalue weighted by Crippen LogP contribution is -2.00. The van der Waals surface area contributed by atoms with Crippen LogP contribution < -0.4 is 10.4 Å². The van der Waals surface area contributed by atoms with E-state index in [-0.39, 0.29) is 16.4 Å². The lowest BCUT2D eigenvalue weighted by molar-refractivity contribution is 0.414. The number of ether oxygens (including phenoxy) is 1. The van der Waals surface area contributed by atoms with Crippen LogP contribution in [0.25, 0.3) is 22.4 Å². The molecule has 9 heteroatoms. The molecule has 142 valence electrons. The van der Waals surface area contributed by atoms with Gasteiger partial charge < -0.3 is 18.7 Å². The SMILES string of the molecule is COc1ccc(-c2nnc(SCc3cc(=O)oc4cc(O)c(Cl)cc34)o2)cc1. The zero-order chi connectivity index (χ0) is 19.7. The predicted octanol–water partition coefficient (Wildman–Crippen LogP) is 4.50. The van der Waals surface area contributed by atoms with Gasteiger partial charge in [-0.05, 0) is 35.9 Å². The molecule has 2 heterocycles. The molecule has 7 nitrogen and oxygen atoms in total. The highest BCUT2D eigenvalue weighted by Gasteiger charge is 2.13. The van der Waals surface area contributed by atoms with Crippen LogP contribution >= 0.6 is 23.4 Å². The van der Waals surface area contributed by atoms with Crippen LogP contribution in [-0.2, 0) is 5.75 Å². The molecule has 0 aliphatic carbocycles. The highest BCUT2D eigenvalue weighted by Crippen LogP contribution is 2.33. The number of halogens is 1. The average Bonchev–Trinajstić information content (AvgIpc) is 3.16. The third kappa shape index (κ3) is 3.69. The highest BCUT2D eigenvalue weighted by molar-refractivity contribution is 7.98. The number of phenols is 1. The number of hydrogen-bond donors (Lipinski definition) is 1. The first-order valence-corrected chi connectivity index (χ1v) is 9.46. The minimum atomic E-state index is -0.519. The van der Waals surface area contributed by atoms with Crippen LogP contribution in [0.4, 0.5) is 0 Å². The van der Waals surface area contributed by atoms with Gasteiger partial charge in [0.1, 0.15) is 17.1 Å². The van der Waals surface area contributed by atoms with E-state index in [1.54, 1.807) is 25.3 Å². The van der Waals surface area contributed by atoms with Crippen LogP contribution in [0, 0.1) is 0 Å². The summed E-state index contributed by atoms with van der Waals surface area (Å²) in [5.74, 6) is 1.35. The van der Waals surface area contributed by atoms with Gasteiger partial charge in [0.05, 0.1) is 12.1 Å². The summed E-state index contributed by atoms with van der Waals surface area (Å²) in [7, 11) is 1.60. The largest absolute Gasteiger partial charge is 0.506 e. The molecular formula is C19H13ClN2O5S. The zero-order valence-corrected chi connectivity index (χ0v) is 16.1. The third-order valence-electron chi connectivity index (χ3n) is 3.99. The molecule has 4 aromatic rings. The number of nitrogens with zero attached hydrogens (tertiary/aromatic N) is 2. The van der Waals surface area contributed by atoms with Gasteiger partial charge in [-0.25, -0.2) is 4.79 Å². The Labute approximate surface area is 167 Å². The van der Waals surface area contributed by atoms with Gasteiger partial charge in [0.25, 0.3) is 5.22 Å². The summed E-state index contributed by atoms with van der Waals surface area (Å²) in [5, 5.41) is 19.0. The van der Waals surface area contributed by atoms with Crippen LogP contribution in [-0.4, -0.2) is 22.4 Å². The summed E-state index contributed by atoms with van der Waals surface area (Å²) in [5.41, 5.74) is 1.19.